The zero-order valence-corrected chi connectivity index (χ0v) is 10.7. The van der Waals surface area contributed by atoms with Crippen molar-refractivity contribution in [3.63, 3.8) is 0 Å². The Labute approximate surface area is 109 Å². The molecule has 0 N–H and O–H groups in total. The number of carbonyl (C=O) groups excluding carboxylic acids is 1. The maximum atomic E-state index is 12.0. The number of halogens is 2. The van der Waals surface area contributed by atoms with E-state index >= 15 is 0 Å². The highest BCUT2D eigenvalue weighted by Gasteiger charge is 2.11. The van der Waals surface area contributed by atoms with Crippen LogP contribution < -0.4 is 0 Å². The topological polar surface area (TPSA) is 34.9 Å². The minimum Gasteiger partial charge on any atom is -0.331 e. The predicted molar refractivity (Wildman–Crippen MR) is 67.7 cm³/mol. The Hall–Kier alpha value is -1.32. The van der Waals surface area contributed by atoms with Gasteiger partial charge in [-0.3, -0.25) is 4.79 Å². The van der Waals surface area contributed by atoms with Crippen LogP contribution in [0.15, 0.2) is 30.7 Å². The maximum absolute atomic E-state index is 12.0. The second kappa shape index (κ2) is 4.90. The van der Waals surface area contributed by atoms with E-state index in [-0.39, 0.29) is 12.2 Å². The molecular weight excluding hydrogens is 259 g/mol. The number of carbonyl (C=O) groups is 1. The molecule has 0 saturated carbocycles. The molecule has 0 spiro atoms. The van der Waals surface area contributed by atoms with Crippen molar-refractivity contribution >= 4 is 29.0 Å². The van der Waals surface area contributed by atoms with Gasteiger partial charge in [-0.25, -0.2) is 4.98 Å². The van der Waals surface area contributed by atoms with Crippen molar-refractivity contribution < 1.29 is 4.79 Å². The molecule has 0 atom stereocenters. The molecule has 0 unspecified atom stereocenters. The summed E-state index contributed by atoms with van der Waals surface area (Å²) in [5, 5.41) is 0.949. The van der Waals surface area contributed by atoms with Crippen LogP contribution in [0.2, 0.25) is 10.0 Å². The number of aryl methyl sites for hydroxylation is 1. The maximum Gasteiger partial charge on any atom is 0.185 e. The summed E-state index contributed by atoms with van der Waals surface area (Å²) in [5.41, 5.74) is 1.42. The fourth-order valence-electron chi connectivity index (χ4n) is 1.55. The Balaban J connectivity index is 2.19. The van der Waals surface area contributed by atoms with Crippen molar-refractivity contribution in [2.75, 3.05) is 0 Å². The number of aromatic nitrogens is 2. The summed E-state index contributed by atoms with van der Waals surface area (Å²) in [4.78, 5) is 15.9. The highest BCUT2D eigenvalue weighted by molar-refractivity contribution is 6.42. The highest BCUT2D eigenvalue weighted by Crippen LogP contribution is 2.23. The average molecular weight is 269 g/mol. The van der Waals surface area contributed by atoms with Crippen LogP contribution in [0.1, 0.15) is 16.1 Å². The molecule has 0 radical (unpaired) electrons. The van der Waals surface area contributed by atoms with Gasteiger partial charge in [-0.2, -0.15) is 0 Å². The summed E-state index contributed by atoms with van der Waals surface area (Å²) >= 11 is 11.7. The zero-order valence-electron chi connectivity index (χ0n) is 9.15. The Morgan fingerprint density at radius 3 is 2.71 bits per heavy atom. The number of hydrogen-bond donors (Lipinski definition) is 0. The third-order valence-electron chi connectivity index (χ3n) is 2.45. The molecule has 0 aliphatic heterocycles. The molecule has 1 aromatic carbocycles. The number of benzene rings is 1. The van der Waals surface area contributed by atoms with Crippen molar-refractivity contribution in [2.24, 2.45) is 7.05 Å². The van der Waals surface area contributed by atoms with Crippen LogP contribution in [0.5, 0.6) is 0 Å². The summed E-state index contributed by atoms with van der Waals surface area (Å²) in [6.07, 6.45) is 3.44. The minimum absolute atomic E-state index is 0.00314. The van der Waals surface area contributed by atoms with Crippen molar-refractivity contribution in [1.82, 2.24) is 9.55 Å². The zero-order chi connectivity index (χ0) is 12.4. The van der Waals surface area contributed by atoms with Crippen LogP contribution in [0.25, 0.3) is 0 Å². The van der Waals surface area contributed by atoms with Crippen LogP contribution in [0.4, 0.5) is 0 Å². The SMILES string of the molecule is Cn1cncc1C(=O)Cc1ccc(Cl)c(Cl)c1. The fourth-order valence-corrected chi connectivity index (χ4v) is 1.87. The smallest absolute Gasteiger partial charge is 0.185 e. The first-order valence-corrected chi connectivity index (χ1v) is 5.77. The molecule has 0 amide bonds. The van der Waals surface area contributed by atoms with Gasteiger partial charge in [0.1, 0.15) is 5.69 Å². The van der Waals surface area contributed by atoms with Gasteiger partial charge >= 0.3 is 0 Å². The Bertz CT molecular complexity index is 563. The first kappa shape index (κ1) is 12.1. The second-order valence-corrected chi connectivity index (χ2v) is 4.55. The van der Waals surface area contributed by atoms with Gasteiger partial charge in [-0.1, -0.05) is 29.3 Å². The van der Waals surface area contributed by atoms with E-state index in [1.54, 1.807) is 42.3 Å². The van der Waals surface area contributed by atoms with Gasteiger partial charge in [-0.05, 0) is 17.7 Å². The molecule has 2 rings (SSSR count). The summed E-state index contributed by atoms with van der Waals surface area (Å²) < 4.78 is 1.69. The van der Waals surface area contributed by atoms with Crippen molar-refractivity contribution in [3.8, 4) is 0 Å². The van der Waals surface area contributed by atoms with Gasteiger partial charge in [-0.15, -0.1) is 0 Å². The molecule has 2 aromatic rings. The fraction of sp³-hybridized carbons (Fsp3) is 0.167. The number of Topliss-reactive ketones (excluding diaryl/α,β-unsaturated/α-hetero) is 1. The average Bonchev–Trinajstić information content (AvgIpc) is 2.70. The van der Waals surface area contributed by atoms with Crippen LogP contribution >= 0.6 is 23.2 Å². The van der Waals surface area contributed by atoms with Crippen molar-refractivity contribution in [2.45, 2.75) is 6.42 Å². The number of ketones is 1. The van der Waals surface area contributed by atoms with Gasteiger partial charge in [0, 0.05) is 13.5 Å². The lowest BCUT2D eigenvalue weighted by atomic mass is 10.1. The van der Waals surface area contributed by atoms with E-state index in [4.69, 9.17) is 23.2 Å². The molecule has 1 heterocycles. The first-order chi connectivity index (χ1) is 8.08. The van der Waals surface area contributed by atoms with E-state index in [9.17, 15) is 4.79 Å². The van der Waals surface area contributed by atoms with Crippen LogP contribution in [-0.4, -0.2) is 15.3 Å². The molecule has 0 aliphatic rings. The monoisotopic (exact) mass is 268 g/mol. The third kappa shape index (κ3) is 2.68. The van der Waals surface area contributed by atoms with Gasteiger partial charge in [0.05, 0.1) is 22.6 Å². The quantitative estimate of drug-likeness (QED) is 0.802. The summed E-state index contributed by atoms with van der Waals surface area (Å²) in [6.45, 7) is 0. The minimum atomic E-state index is 0.00314. The Morgan fingerprint density at radius 2 is 2.12 bits per heavy atom. The standard InChI is InChI=1S/C12H10Cl2N2O/c1-16-7-15-6-11(16)12(17)5-8-2-3-9(13)10(14)4-8/h2-4,6-7H,5H2,1H3. The van der Waals surface area contributed by atoms with Crippen LogP contribution in [-0.2, 0) is 13.5 Å². The van der Waals surface area contributed by atoms with Gasteiger partial charge < -0.3 is 4.57 Å². The van der Waals surface area contributed by atoms with Crippen LogP contribution in [0.3, 0.4) is 0 Å². The molecule has 88 valence electrons. The van der Waals surface area contributed by atoms with E-state index in [0.29, 0.717) is 15.7 Å². The van der Waals surface area contributed by atoms with Gasteiger partial charge in [0.2, 0.25) is 0 Å². The van der Waals surface area contributed by atoms with Crippen LogP contribution in [0, 0.1) is 0 Å². The van der Waals surface area contributed by atoms with E-state index in [1.807, 2.05) is 0 Å². The van der Waals surface area contributed by atoms with Gasteiger partial charge in [0.25, 0.3) is 0 Å². The molecule has 1 aromatic heterocycles. The third-order valence-corrected chi connectivity index (χ3v) is 3.19. The Kier molecular flexibility index (Phi) is 3.50. The second-order valence-electron chi connectivity index (χ2n) is 3.74. The molecule has 0 bridgehead atoms. The van der Waals surface area contributed by atoms with Gasteiger partial charge in [0.15, 0.2) is 5.78 Å². The highest BCUT2D eigenvalue weighted by atomic mass is 35.5. The molecule has 0 fully saturated rings. The molecular formula is C12H10Cl2N2O. The number of hydrogen-bond acceptors (Lipinski definition) is 2. The number of imidazole rings is 1. The molecule has 0 aliphatic carbocycles. The van der Waals surface area contributed by atoms with E-state index in [2.05, 4.69) is 4.98 Å². The van der Waals surface area contributed by atoms with E-state index in [1.165, 1.54) is 0 Å². The predicted octanol–water partition coefficient (Wildman–Crippen LogP) is 3.15. The Morgan fingerprint density at radius 1 is 1.35 bits per heavy atom. The van der Waals surface area contributed by atoms with Crippen molar-refractivity contribution in [1.29, 1.82) is 0 Å². The molecule has 5 heteroatoms. The summed E-state index contributed by atoms with van der Waals surface area (Å²) in [7, 11) is 1.79. The first-order valence-electron chi connectivity index (χ1n) is 5.01. The lowest BCUT2D eigenvalue weighted by Crippen LogP contribution is -2.08. The number of nitrogens with zero attached hydrogens (tertiary/aromatic N) is 2. The van der Waals surface area contributed by atoms with E-state index < -0.39 is 0 Å². The largest absolute Gasteiger partial charge is 0.331 e. The molecule has 0 saturated heterocycles. The molecule has 17 heavy (non-hydrogen) atoms. The lowest BCUT2D eigenvalue weighted by molar-refractivity contribution is 0.0985. The normalized spacial score (nSPS) is 10.5. The van der Waals surface area contributed by atoms with E-state index in [0.717, 1.165) is 5.56 Å². The lowest BCUT2D eigenvalue weighted by Gasteiger charge is -2.03. The summed E-state index contributed by atoms with van der Waals surface area (Å²) in [5.74, 6) is 0.00314. The van der Waals surface area contributed by atoms with Crippen molar-refractivity contribution in [3.05, 3.63) is 52.0 Å². The molecule has 3 nitrogen and oxygen atoms in total. The summed E-state index contributed by atoms with van der Waals surface area (Å²) in [6, 6.07) is 5.19. The number of rotatable bonds is 3.